The highest BCUT2D eigenvalue weighted by atomic mass is 32.2. The summed E-state index contributed by atoms with van der Waals surface area (Å²) in [6, 6.07) is 4.93. The van der Waals surface area contributed by atoms with E-state index in [9.17, 15) is 8.42 Å². The summed E-state index contributed by atoms with van der Waals surface area (Å²) in [6.07, 6.45) is 0. The van der Waals surface area contributed by atoms with Crippen molar-refractivity contribution in [3.05, 3.63) is 39.8 Å². The smallest absolute Gasteiger partial charge is 0.243 e. The van der Waals surface area contributed by atoms with Crippen LogP contribution in [0.15, 0.2) is 28.6 Å². The van der Waals surface area contributed by atoms with Crippen LogP contribution in [0, 0.1) is 13.8 Å². The Labute approximate surface area is 123 Å². The van der Waals surface area contributed by atoms with Gasteiger partial charge in [-0.1, -0.05) is 6.07 Å². The molecule has 1 heterocycles. The van der Waals surface area contributed by atoms with Crippen molar-refractivity contribution in [2.45, 2.75) is 25.3 Å². The van der Waals surface area contributed by atoms with E-state index in [1.54, 1.807) is 37.7 Å². The number of benzene rings is 1. The van der Waals surface area contributed by atoms with Crippen LogP contribution in [-0.2, 0) is 16.6 Å². The van der Waals surface area contributed by atoms with Gasteiger partial charge in [-0.3, -0.25) is 0 Å². The predicted molar refractivity (Wildman–Crippen MR) is 81.1 cm³/mol. The SMILES string of the molecule is Cc1ncsc1CN(C)S(=O)(=O)c1cccc(N)c1C. The standard InChI is InChI=1S/C13H17N3O2S2/c1-9-11(14)5-4-6-13(9)20(17,18)16(3)7-12-10(2)15-8-19-12/h4-6,8H,7,14H2,1-3H3. The van der Waals surface area contributed by atoms with E-state index in [0.717, 1.165) is 10.6 Å². The van der Waals surface area contributed by atoms with Gasteiger partial charge in [0.15, 0.2) is 0 Å². The molecule has 2 N–H and O–H groups in total. The molecule has 0 aliphatic carbocycles. The highest BCUT2D eigenvalue weighted by Gasteiger charge is 2.24. The Morgan fingerprint density at radius 3 is 2.65 bits per heavy atom. The number of hydrogen-bond donors (Lipinski definition) is 1. The van der Waals surface area contributed by atoms with Gasteiger partial charge in [-0.15, -0.1) is 11.3 Å². The van der Waals surface area contributed by atoms with Crippen LogP contribution in [0.4, 0.5) is 5.69 Å². The lowest BCUT2D eigenvalue weighted by atomic mass is 10.2. The average Bonchev–Trinajstić information content (AvgIpc) is 2.78. The molecular formula is C13H17N3O2S2. The van der Waals surface area contributed by atoms with E-state index in [4.69, 9.17) is 5.73 Å². The van der Waals surface area contributed by atoms with Crippen LogP contribution >= 0.6 is 11.3 Å². The van der Waals surface area contributed by atoms with E-state index >= 15 is 0 Å². The highest BCUT2D eigenvalue weighted by molar-refractivity contribution is 7.89. The third-order valence-electron chi connectivity index (χ3n) is 3.23. The molecule has 2 rings (SSSR count). The number of nitrogen functional groups attached to an aromatic ring is 1. The number of thiazole rings is 1. The topological polar surface area (TPSA) is 76.3 Å². The van der Waals surface area contributed by atoms with Crippen molar-refractivity contribution in [2.75, 3.05) is 12.8 Å². The molecule has 2 aromatic rings. The number of aromatic nitrogens is 1. The summed E-state index contributed by atoms with van der Waals surface area (Å²) in [6.45, 7) is 3.90. The van der Waals surface area contributed by atoms with Gasteiger partial charge in [0.1, 0.15) is 0 Å². The molecule has 7 heteroatoms. The largest absolute Gasteiger partial charge is 0.398 e. The summed E-state index contributed by atoms with van der Waals surface area (Å²) >= 11 is 1.45. The Kier molecular flexibility index (Phi) is 4.12. The zero-order valence-corrected chi connectivity index (χ0v) is 13.3. The second kappa shape index (κ2) is 5.51. The van der Waals surface area contributed by atoms with E-state index in [-0.39, 0.29) is 4.90 Å². The molecule has 0 amide bonds. The Hall–Kier alpha value is -1.44. The summed E-state index contributed by atoms with van der Waals surface area (Å²) < 4.78 is 26.5. The molecule has 0 atom stereocenters. The van der Waals surface area contributed by atoms with E-state index in [0.29, 0.717) is 17.8 Å². The van der Waals surface area contributed by atoms with Crippen molar-refractivity contribution in [3.8, 4) is 0 Å². The lowest BCUT2D eigenvalue weighted by molar-refractivity contribution is 0.468. The van der Waals surface area contributed by atoms with Crippen molar-refractivity contribution >= 4 is 27.0 Å². The summed E-state index contributed by atoms with van der Waals surface area (Å²) in [4.78, 5) is 5.33. The summed E-state index contributed by atoms with van der Waals surface area (Å²) in [7, 11) is -1.99. The number of anilines is 1. The number of rotatable bonds is 4. The van der Waals surface area contributed by atoms with Gasteiger partial charge >= 0.3 is 0 Å². The molecule has 0 saturated heterocycles. The van der Waals surface area contributed by atoms with Gasteiger partial charge in [0.05, 0.1) is 16.1 Å². The van der Waals surface area contributed by atoms with Crippen LogP contribution in [0.25, 0.3) is 0 Å². The van der Waals surface area contributed by atoms with Crippen molar-refractivity contribution < 1.29 is 8.42 Å². The molecule has 108 valence electrons. The normalized spacial score (nSPS) is 12.0. The zero-order chi connectivity index (χ0) is 14.9. The fourth-order valence-corrected chi connectivity index (χ4v) is 4.15. The maximum absolute atomic E-state index is 12.6. The lowest BCUT2D eigenvalue weighted by Gasteiger charge is -2.18. The first-order chi connectivity index (χ1) is 9.34. The molecule has 20 heavy (non-hydrogen) atoms. The fraction of sp³-hybridized carbons (Fsp3) is 0.308. The van der Waals surface area contributed by atoms with Crippen LogP contribution in [0.1, 0.15) is 16.1 Å². The van der Waals surface area contributed by atoms with Crippen molar-refractivity contribution in [1.29, 1.82) is 0 Å². The second-order valence-corrected chi connectivity index (χ2v) is 7.55. The Morgan fingerprint density at radius 1 is 1.35 bits per heavy atom. The van der Waals surface area contributed by atoms with Gasteiger partial charge in [0, 0.05) is 24.2 Å². The van der Waals surface area contributed by atoms with Crippen LogP contribution in [-0.4, -0.2) is 24.8 Å². The molecular weight excluding hydrogens is 294 g/mol. The number of nitrogens with two attached hydrogens (primary N) is 1. The third-order valence-corrected chi connectivity index (χ3v) is 6.09. The molecule has 0 bridgehead atoms. The van der Waals surface area contributed by atoms with E-state index in [2.05, 4.69) is 4.98 Å². The van der Waals surface area contributed by atoms with Crippen LogP contribution in [0.5, 0.6) is 0 Å². The first-order valence-electron chi connectivity index (χ1n) is 6.04. The number of sulfonamides is 1. The molecule has 0 radical (unpaired) electrons. The van der Waals surface area contributed by atoms with Gasteiger partial charge in [-0.05, 0) is 31.5 Å². The van der Waals surface area contributed by atoms with Gasteiger partial charge in [-0.25, -0.2) is 13.4 Å². The van der Waals surface area contributed by atoms with E-state index < -0.39 is 10.0 Å². The van der Waals surface area contributed by atoms with Crippen LogP contribution in [0.3, 0.4) is 0 Å². The molecule has 0 spiro atoms. The molecule has 0 unspecified atom stereocenters. The molecule has 1 aromatic heterocycles. The third kappa shape index (κ3) is 2.70. The summed E-state index contributed by atoms with van der Waals surface area (Å²) in [5.41, 5.74) is 9.43. The number of nitrogens with zero attached hydrogens (tertiary/aromatic N) is 2. The van der Waals surface area contributed by atoms with Gasteiger partial charge in [-0.2, -0.15) is 4.31 Å². The fourth-order valence-electron chi connectivity index (χ4n) is 1.84. The summed E-state index contributed by atoms with van der Waals surface area (Å²) in [5.74, 6) is 0. The highest BCUT2D eigenvalue weighted by Crippen LogP contribution is 2.25. The van der Waals surface area contributed by atoms with E-state index in [1.807, 2.05) is 6.92 Å². The van der Waals surface area contributed by atoms with Crippen LogP contribution < -0.4 is 5.73 Å². The molecule has 0 aliphatic heterocycles. The Morgan fingerprint density at radius 2 is 2.05 bits per heavy atom. The lowest BCUT2D eigenvalue weighted by Crippen LogP contribution is -2.27. The number of hydrogen-bond acceptors (Lipinski definition) is 5. The maximum Gasteiger partial charge on any atom is 0.243 e. The Bertz CT molecular complexity index is 723. The van der Waals surface area contributed by atoms with Gasteiger partial charge in [0.2, 0.25) is 10.0 Å². The van der Waals surface area contributed by atoms with Gasteiger partial charge in [0.25, 0.3) is 0 Å². The van der Waals surface area contributed by atoms with Crippen LogP contribution in [0.2, 0.25) is 0 Å². The maximum atomic E-state index is 12.6. The second-order valence-electron chi connectivity index (χ2n) is 4.59. The molecule has 0 saturated carbocycles. The van der Waals surface area contributed by atoms with E-state index in [1.165, 1.54) is 15.6 Å². The molecule has 5 nitrogen and oxygen atoms in total. The first kappa shape index (κ1) is 15.0. The predicted octanol–water partition coefficient (Wildman–Crippen LogP) is 2.16. The Balaban J connectivity index is 2.35. The molecule has 0 fully saturated rings. The monoisotopic (exact) mass is 311 g/mol. The minimum atomic E-state index is -3.55. The van der Waals surface area contributed by atoms with Gasteiger partial charge < -0.3 is 5.73 Å². The number of aryl methyl sites for hydroxylation is 1. The summed E-state index contributed by atoms with van der Waals surface area (Å²) in [5, 5.41) is 0. The quantitative estimate of drug-likeness (QED) is 0.878. The first-order valence-corrected chi connectivity index (χ1v) is 8.36. The minimum Gasteiger partial charge on any atom is -0.398 e. The van der Waals surface area contributed by atoms with Crippen molar-refractivity contribution in [1.82, 2.24) is 9.29 Å². The zero-order valence-electron chi connectivity index (χ0n) is 11.6. The van der Waals surface area contributed by atoms with Crippen molar-refractivity contribution in [3.63, 3.8) is 0 Å². The van der Waals surface area contributed by atoms with Crippen molar-refractivity contribution in [2.24, 2.45) is 0 Å². The minimum absolute atomic E-state index is 0.252. The average molecular weight is 311 g/mol. The molecule has 1 aromatic carbocycles. The molecule has 0 aliphatic rings.